The van der Waals surface area contributed by atoms with Crippen LogP contribution in [-0.4, -0.2) is 35.2 Å². The van der Waals surface area contributed by atoms with E-state index in [0.29, 0.717) is 12.6 Å². The van der Waals surface area contributed by atoms with Crippen molar-refractivity contribution in [3.63, 3.8) is 0 Å². The second-order valence-electron chi connectivity index (χ2n) is 4.63. The van der Waals surface area contributed by atoms with Crippen LogP contribution in [0.5, 0.6) is 0 Å². The van der Waals surface area contributed by atoms with Gasteiger partial charge in [0.2, 0.25) is 0 Å². The van der Waals surface area contributed by atoms with E-state index in [0.717, 1.165) is 6.42 Å². The summed E-state index contributed by atoms with van der Waals surface area (Å²) < 4.78 is 0. The third-order valence-electron chi connectivity index (χ3n) is 3.14. The summed E-state index contributed by atoms with van der Waals surface area (Å²) in [6, 6.07) is 2.83. The van der Waals surface area contributed by atoms with Gasteiger partial charge in [-0.15, -0.1) is 0 Å². The Bertz CT molecular complexity index is 300. The lowest BCUT2D eigenvalue weighted by Gasteiger charge is -2.37. The van der Waals surface area contributed by atoms with Crippen LogP contribution in [0.15, 0.2) is 16.8 Å². The minimum absolute atomic E-state index is 0.110. The van der Waals surface area contributed by atoms with Gasteiger partial charge < -0.3 is 10.8 Å². The van der Waals surface area contributed by atoms with Crippen LogP contribution < -0.4 is 5.73 Å². The summed E-state index contributed by atoms with van der Waals surface area (Å²) in [5, 5.41) is 13.5. The number of nitrogens with zero attached hydrogens (tertiary/aromatic N) is 1. The standard InChI is InChI=1S/C13H24N2OS/c1-4-12(14)13(11-5-8-17-9-11)15(6-7-16)10(2)3/h5,8-10,12-13,16H,4,6-7,14H2,1-3H3. The molecule has 3 nitrogen and oxygen atoms in total. The number of aliphatic hydroxyl groups is 1. The van der Waals surface area contributed by atoms with E-state index in [-0.39, 0.29) is 18.7 Å². The SMILES string of the molecule is CCC(N)C(c1ccsc1)N(CCO)C(C)C. The number of hydrogen-bond donors (Lipinski definition) is 2. The fraction of sp³-hybridized carbons (Fsp3) is 0.692. The van der Waals surface area contributed by atoms with Gasteiger partial charge >= 0.3 is 0 Å². The van der Waals surface area contributed by atoms with Crippen molar-refractivity contribution >= 4 is 11.3 Å². The highest BCUT2D eigenvalue weighted by molar-refractivity contribution is 7.07. The van der Waals surface area contributed by atoms with Crippen molar-refractivity contribution in [2.75, 3.05) is 13.2 Å². The molecule has 2 atom stereocenters. The molecule has 0 spiro atoms. The monoisotopic (exact) mass is 256 g/mol. The molecule has 98 valence electrons. The smallest absolute Gasteiger partial charge is 0.0558 e. The van der Waals surface area contributed by atoms with Crippen LogP contribution in [-0.2, 0) is 0 Å². The lowest BCUT2D eigenvalue weighted by atomic mass is 9.97. The Balaban J connectivity index is 2.95. The van der Waals surface area contributed by atoms with E-state index < -0.39 is 0 Å². The summed E-state index contributed by atoms with van der Waals surface area (Å²) in [5.74, 6) is 0. The lowest BCUT2D eigenvalue weighted by molar-refractivity contribution is 0.101. The zero-order chi connectivity index (χ0) is 12.8. The molecule has 2 unspecified atom stereocenters. The lowest BCUT2D eigenvalue weighted by Crippen LogP contribution is -2.45. The van der Waals surface area contributed by atoms with E-state index in [1.54, 1.807) is 11.3 Å². The number of rotatable bonds is 7. The van der Waals surface area contributed by atoms with Gasteiger partial charge in [0.15, 0.2) is 0 Å². The summed E-state index contributed by atoms with van der Waals surface area (Å²) in [6.45, 7) is 7.26. The van der Waals surface area contributed by atoms with E-state index in [2.05, 4.69) is 42.5 Å². The highest BCUT2D eigenvalue weighted by atomic mass is 32.1. The molecule has 0 aromatic carbocycles. The largest absolute Gasteiger partial charge is 0.395 e. The minimum Gasteiger partial charge on any atom is -0.395 e. The maximum Gasteiger partial charge on any atom is 0.0558 e. The summed E-state index contributed by atoms with van der Waals surface area (Å²) in [6.07, 6.45) is 0.940. The van der Waals surface area contributed by atoms with Gasteiger partial charge in [0, 0.05) is 18.6 Å². The maximum atomic E-state index is 9.21. The van der Waals surface area contributed by atoms with E-state index >= 15 is 0 Å². The molecule has 0 aliphatic rings. The Kier molecular flexibility index (Phi) is 6.12. The van der Waals surface area contributed by atoms with Crippen LogP contribution in [0.2, 0.25) is 0 Å². The summed E-state index contributed by atoms with van der Waals surface area (Å²) in [7, 11) is 0. The van der Waals surface area contributed by atoms with Crippen molar-refractivity contribution in [3.8, 4) is 0 Å². The molecular formula is C13H24N2OS. The molecule has 0 saturated carbocycles. The molecule has 1 rings (SSSR count). The molecule has 0 saturated heterocycles. The average Bonchev–Trinajstić information content (AvgIpc) is 2.81. The maximum absolute atomic E-state index is 9.21. The molecule has 17 heavy (non-hydrogen) atoms. The highest BCUT2D eigenvalue weighted by Gasteiger charge is 2.27. The second-order valence-corrected chi connectivity index (χ2v) is 5.41. The highest BCUT2D eigenvalue weighted by Crippen LogP contribution is 2.28. The zero-order valence-corrected chi connectivity index (χ0v) is 11.8. The van der Waals surface area contributed by atoms with Crippen molar-refractivity contribution in [1.82, 2.24) is 4.90 Å². The molecule has 0 radical (unpaired) electrons. The van der Waals surface area contributed by atoms with Gasteiger partial charge in [-0.25, -0.2) is 0 Å². The van der Waals surface area contributed by atoms with Gasteiger partial charge in [-0.05, 0) is 42.7 Å². The Labute approximate surface area is 108 Å². The third-order valence-corrected chi connectivity index (χ3v) is 3.84. The molecule has 1 heterocycles. The topological polar surface area (TPSA) is 49.5 Å². The quantitative estimate of drug-likeness (QED) is 0.786. The number of nitrogens with two attached hydrogens (primary N) is 1. The summed E-state index contributed by atoms with van der Waals surface area (Å²) in [5.41, 5.74) is 7.53. The molecule has 1 aromatic rings. The van der Waals surface area contributed by atoms with Gasteiger partial charge in [0.05, 0.1) is 12.6 Å². The number of thiophene rings is 1. The first-order valence-electron chi connectivity index (χ1n) is 6.26. The Morgan fingerprint density at radius 2 is 2.18 bits per heavy atom. The molecule has 0 aliphatic carbocycles. The fourth-order valence-electron chi connectivity index (χ4n) is 2.19. The molecule has 0 fully saturated rings. The van der Waals surface area contributed by atoms with Crippen LogP contribution in [0.1, 0.15) is 38.8 Å². The van der Waals surface area contributed by atoms with Crippen LogP contribution in [0.4, 0.5) is 0 Å². The van der Waals surface area contributed by atoms with E-state index in [4.69, 9.17) is 5.73 Å². The first-order chi connectivity index (χ1) is 8.11. The van der Waals surface area contributed by atoms with Gasteiger partial charge in [0.1, 0.15) is 0 Å². The normalized spacial score (nSPS) is 15.5. The van der Waals surface area contributed by atoms with Gasteiger partial charge in [-0.2, -0.15) is 11.3 Å². The minimum atomic E-state index is 0.110. The van der Waals surface area contributed by atoms with Crippen LogP contribution >= 0.6 is 11.3 Å². The predicted molar refractivity (Wildman–Crippen MR) is 74.3 cm³/mol. The van der Waals surface area contributed by atoms with Crippen molar-refractivity contribution in [2.45, 2.75) is 45.3 Å². The third kappa shape index (κ3) is 3.78. The van der Waals surface area contributed by atoms with Crippen LogP contribution in [0.25, 0.3) is 0 Å². The van der Waals surface area contributed by atoms with E-state index in [1.807, 2.05) is 0 Å². The van der Waals surface area contributed by atoms with Gasteiger partial charge in [-0.3, -0.25) is 4.90 Å². The van der Waals surface area contributed by atoms with Crippen molar-refractivity contribution in [3.05, 3.63) is 22.4 Å². The molecule has 0 aliphatic heterocycles. The Morgan fingerprint density at radius 1 is 1.47 bits per heavy atom. The summed E-state index contributed by atoms with van der Waals surface area (Å²) in [4.78, 5) is 2.29. The molecule has 4 heteroatoms. The fourth-order valence-corrected chi connectivity index (χ4v) is 2.87. The predicted octanol–water partition coefficient (Wildman–Crippen LogP) is 2.23. The van der Waals surface area contributed by atoms with E-state index in [9.17, 15) is 5.11 Å². The number of aliphatic hydroxyl groups excluding tert-OH is 1. The average molecular weight is 256 g/mol. The first kappa shape index (κ1) is 14.6. The van der Waals surface area contributed by atoms with Crippen molar-refractivity contribution in [1.29, 1.82) is 0 Å². The van der Waals surface area contributed by atoms with Gasteiger partial charge in [-0.1, -0.05) is 6.92 Å². The zero-order valence-electron chi connectivity index (χ0n) is 11.0. The molecular weight excluding hydrogens is 232 g/mol. The number of hydrogen-bond acceptors (Lipinski definition) is 4. The van der Waals surface area contributed by atoms with Crippen LogP contribution in [0.3, 0.4) is 0 Å². The van der Waals surface area contributed by atoms with Gasteiger partial charge in [0.25, 0.3) is 0 Å². The molecule has 0 bridgehead atoms. The second kappa shape index (κ2) is 7.11. The molecule has 3 N–H and O–H groups in total. The summed E-state index contributed by atoms with van der Waals surface area (Å²) >= 11 is 1.70. The molecule has 1 aromatic heterocycles. The first-order valence-corrected chi connectivity index (χ1v) is 7.20. The van der Waals surface area contributed by atoms with Crippen molar-refractivity contribution in [2.24, 2.45) is 5.73 Å². The van der Waals surface area contributed by atoms with Crippen LogP contribution in [0, 0.1) is 0 Å². The van der Waals surface area contributed by atoms with Crippen molar-refractivity contribution < 1.29 is 5.11 Å². The Morgan fingerprint density at radius 3 is 2.59 bits per heavy atom. The van der Waals surface area contributed by atoms with E-state index in [1.165, 1.54) is 5.56 Å². The Hall–Kier alpha value is -0.420. The molecule has 0 amide bonds.